The van der Waals surface area contributed by atoms with E-state index in [0.29, 0.717) is 11.0 Å². The molecule has 1 saturated carbocycles. The highest BCUT2D eigenvalue weighted by Gasteiger charge is 2.36. The molecule has 4 heteroatoms. The molecule has 0 bridgehead atoms. The first-order valence-electron chi connectivity index (χ1n) is 7.81. The second kappa shape index (κ2) is 5.17. The summed E-state index contributed by atoms with van der Waals surface area (Å²) in [5.41, 5.74) is 2.59. The van der Waals surface area contributed by atoms with Gasteiger partial charge in [0, 0.05) is 13.0 Å². The number of fused-ring (bicyclic) bond motifs is 1. The van der Waals surface area contributed by atoms with Gasteiger partial charge in [-0.15, -0.1) is 0 Å². The number of benzene rings is 1. The van der Waals surface area contributed by atoms with E-state index in [0.717, 1.165) is 29.8 Å². The number of aryl methyl sites for hydroxylation is 1. The van der Waals surface area contributed by atoms with Gasteiger partial charge >= 0.3 is 5.97 Å². The first-order chi connectivity index (χ1) is 10.1. The zero-order valence-corrected chi connectivity index (χ0v) is 12.7. The van der Waals surface area contributed by atoms with Crippen molar-refractivity contribution in [3.8, 4) is 0 Å². The van der Waals surface area contributed by atoms with E-state index >= 15 is 0 Å². The Morgan fingerprint density at radius 2 is 2.14 bits per heavy atom. The lowest BCUT2D eigenvalue weighted by Gasteiger charge is -2.42. The van der Waals surface area contributed by atoms with E-state index in [1.807, 2.05) is 6.07 Å². The number of aromatic carboxylic acids is 1. The van der Waals surface area contributed by atoms with Gasteiger partial charge in [-0.3, -0.25) is 0 Å². The molecular weight excluding hydrogens is 264 g/mol. The second-order valence-electron chi connectivity index (χ2n) is 6.18. The molecule has 0 amide bonds. The summed E-state index contributed by atoms with van der Waals surface area (Å²) < 4.78 is 2.25. The zero-order chi connectivity index (χ0) is 15.0. The molecule has 1 aromatic heterocycles. The van der Waals surface area contributed by atoms with E-state index in [1.54, 1.807) is 12.1 Å². The summed E-state index contributed by atoms with van der Waals surface area (Å²) >= 11 is 0. The Balaban J connectivity index is 2.09. The highest BCUT2D eigenvalue weighted by molar-refractivity contribution is 5.92. The van der Waals surface area contributed by atoms with Crippen LogP contribution >= 0.6 is 0 Å². The van der Waals surface area contributed by atoms with Gasteiger partial charge in [-0.2, -0.15) is 0 Å². The van der Waals surface area contributed by atoms with Gasteiger partial charge in [-0.25, -0.2) is 9.78 Å². The minimum atomic E-state index is -0.878. The second-order valence-corrected chi connectivity index (χ2v) is 6.18. The molecule has 0 aliphatic heterocycles. The standard InChI is InChI=1S/C17H22N2O2/c1-3-15-18-13-7-6-12(16(20)21)10-14(13)19(15)11-17(4-2)8-5-9-17/h6-7,10H,3-5,8-9,11H2,1-2H3,(H,20,21). The molecule has 1 aliphatic carbocycles. The van der Waals surface area contributed by atoms with Gasteiger partial charge < -0.3 is 9.67 Å². The predicted molar refractivity (Wildman–Crippen MR) is 82.6 cm³/mol. The predicted octanol–water partition coefficient (Wildman–Crippen LogP) is 3.88. The number of aromatic nitrogens is 2. The van der Waals surface area contributed by atoms with Gasteiger partial charge in [0.2, 0.25) is 0 Å². The Labute approximate surface area is 124 Å². The highest BCUT2D eigenvalue weighted by Crippen LogP contribution is 2.45. The molecule has 1 N–H and O–H groups in total. The molecule has 4 nitrogen and oxygen atoms in total. The molecule has 0 atom stereocenters. The largest absolute Gasteiger partial charge is 0.478 e. The summed E-state index contributed by atoms with van der Waals surface area (Å²) in [6, 6.07) is 5.24. The fraction of sp³-hybridized carbons (Fsp3) is 0.529. The van der Waals surface area contributed by atoms with Crippen molar-refractivity contribution in [3.05, 3.63) is 29.6 Å². The lowest BCUT2D eigenvalue weighted by Crippen LogP contribution is -2.33. The summed E-state index contributed by atoms with van der Waals surface area (Å²) in [4.78, 5) is 15.9. The van der Waals surface area contributed by atoms with Crippen molar-refractivity contribution >= 4 is 17.0 Å². The molecule has 0 radical (unpaired) electrons. The maximum absolute atomic E-state index is 11.2. The van der Waals surface area contributed by atoms with E-state index < -0.39 is 5.97 Å². The summed E-state index contributed by atoms with van der Waals surface area (Å²) in [7, 11) is 0. The van der Waals surface area contributed by atoms with Crippen molar-refractivity contribution in [3.63, 3.8) is 0 Å². The number of imidazole rings is 1. The summed E-state index contributed by atoms with van der Waals surface area (Å²) in [6.07, 6.45) is 5.89. The molecule has 3 rings (SSSR count). The number of hydrogen-bond donors (Lipinski definition) is 1. The Kier molecular flexibility index (Phi) is 3.47. The van der Waals surface area contributed by atoms with Gasteiger partial charge in [0.25, 0.3) is 0 Å². The van der Waals surface area contributed by atoms with Crippen molar-refractivity contribution in [2.24, 2.45) is 5.41 Å². The molecule has 1 fully saturated rings. The number of nitrogens with zero attached hydrogens (tertiary/aromatic N) is 2. The Morgan fingerprint density at radius 3 is 2.67 bits per heavy atom. The SMILES string of the molecule is CCc1nc2ccc(C(=O)O)cc2n1CC1(CC)CCC1. The topological polar surface area (TPSA) is 55.1 Å². The van der Waals surface area contributed by atoms with E-state index in [4.69, 9.17) is 0 Å². The first-order valence-corrected chi connectivity index (χ1v) is 7.81. The third kappa shape index (κ3) is 2.33. The lowest BCUT2D eigenvalue weighted by atomic mass is 9.67. The van der Waals surface area contributed by atoms with Gasteiger partial charge in [0.1, 0.15) is 5.82 Å². The number of carbonyl (C=O) groups is 1. The van der Waals surface area contributed by atoms with Crippen molar-refractivity contribution < 1.29 is 9.90 Å². The maximum Gasteiger partial charge on any atom is 0.335 e. The molecule has 0 unspecified atom stereocenters. The minimum absolute atomic E-state index is 0.338. The van der Waals surface area contributed by atoms with Crippen LogP contribution in [0.2, 0.25) is 0 Å². The molecule has 1 heterocycles. The van der Waals surface area contributed by atoms with Crippen LogP contribution in [0.15, 0.2) is 18.2 Å². The summed E-state index contributed by atoms with van der Waals surface area (Å²) in [5.74, 6) is 0.184. The Bertz CT molecular complexity index is 678. The average Bonchev–Trinajstić information content (AvgIpc) is 2.79. The summed E-state index contributed by atoms with van der Waals surface area (Å²) in [6.45, 7) is 5.33. The Hall–Kier alpha value is -1.84. The van der Waals surface area contributed by atoms with Gasteiger partial charge in [-0.1, -0.05) is 20.3 Å². The van der Waals surface area contributed by atoms with E-state index in [9.17, 15) is 9.90 Å². The van der Waals surface area contributed by atoms with Gasteiger partial charge in [-0.05, 0) is 42.9 Å². The van der Waals surface area contributed by atoms with Crippen molar-refractivity contribution in [1.82, 2.24) is 9.55 Å². The number of carboxylic acids is 1. The minimum Gasteiger partial charge on any atom is -0.478 e. The first kappa shape index (κ1) is 14.1. The molecule has 112 valence electrons. The van der Waals surface area contributed by atoms with Crippen LogP contribution in [0, 0.1) is 5.41 Å². The van der Waals surface area contributed by atoms with Crippen LogP contribution in [0.1, 0.15) is 55.7 Å². The van der Waals surface area contributed by atoms with Crippen molar-refractivity contribution in [2.45, 2.75) is 52.5 Å². The number of carboxylic acid groups (broad SMARTS) is 1. The quantitative estimate of drug-likeness (QED) is 0.907. The van der Waals surface area contributed by atoms with Crippen LogP contribution in [-0.2, 0) is 13.0 Å². The summed E-state index contributed by atoms with van der Waals surface area (Å²) in [5, 5.41) is 9.21. The van der Waals surface area contributed by atoms with Crippen molar-refractivity contribution in [1.29, 1.82) is 0 Å². The third-order valence-corrected chi connectivity index (χ3v) is 5.05. The molecule has 21 heavy (non-hydrogen) atoms. The van der Waals surface area contributed by atoms with Crippen LogP contribution in [0.4, 0.5) is 0 Å². The van der Waals surface area contributed by atoms with E-state index in [2.05, 4.69) is 23.4 Å². The molecule has 1 aliphatic rings. The van der Waals surface area contributed by atoms with Crippen LogP contribution in [-0.4, -0.2) is 20.6 Å². The monoisotopic (exact) mass is 286 g/mol. The fourth-order valence-corrected chi connectivity index (χ4v) is 3.39. The Morgan fingerprint density at radius 1 is 1.38 bits per heavy atom. The van der Waals surface area contributed by atoms with Crippen LogP contribution in [0.25, 0.3) is 11.0 Å². The fourth-order valence-electron chi connectivity index (χ4n) is 3.39. The molecule has 1 aromatic carbocycles. The highest BCUT2D eigenvalue weighted by atomic mass is 16.4. The number of hydrogen-bond acceptors (Lipinski definition) is 2. The molecule has 0 saturated heterocycles. The van der Waals surface area contributed by atoms with Crippen LogP contribution in [0.5, 0.6) is 0 Å². The number of rotatable bonds is 5. The maximum atomic E-state index is 11.2. The van der Waals surface area contributed by atoms with Crippen molar-refractivity contribution in [2.75, 3.05) is 0 Å². The van der Waals surface area contributed by atoms with Crippen LogP contribution < -0.4 is 0 Å². The third-order valence-electron chi connectivity index (χ3n) is 5.05. The molecule has 2 aromatic rings. The molecular formula is C17H22N2O2. The molecule has 0 spiro atoms. The lowest BCUT2D eigenvalue weighted by molar-refractivity contribution is 0.0697. The smallest absolute Gasteiger partial charge is 0.335 e. The van der Waals surface area contributed by atoms with E-state index in [1.165, 1.54) is 25.7 Å². The van der Waals surface area contributed by atoms with Crippen LogP contribution in [0.3, 0.4) is 0 Å². The average molecular weight is 286 g/mol. The normalized spacial score (nSPS) is 16.9. The van der Waals surface area contributed by atoms with Gasteiger partial charge in [0.15, 0.2) is 0 Å². The van der Waals surface area contributed by atoms with E-state index in [-0.39, 0.29) is 0 Å². The van der Waals surface area contributed by atoms with Gasteiger partial charge in [0.05, 0.1) is 16.6 Å². The zero-order valence-electron chi connectivity index (χ0n) is 12.7.